The van der Waals surface area contributed by atoms with Crippen LogP contribution in [0.15, 0.2) is 6.07 Å². The van der Waals surface area contributed by atoms with Gasteiger partial charge >= 0.3 is 0 Å². The van der Waals surface area contributed by atoms with E-state index in [4.69, 9.17) is 9.84 Å². The summed E-state index contributed by atoms with van der Waals surface area (Å²) in [6.07, 6.45) is 0.896. The number of nitrogens with one attached hydrogen (secondary N) is 1. The van der Waals surface area contributed by atoms with E-state index >= 15 is 0 Å². The Morgan fingerprint density at radius 2 is 2.53 bits per heavy atom. The molecular weight excluding hydrogens is 214 g/mol. The van der Waals surface area contributed by atoms with Gasteiger partial charge in [-0.2, -0.15) is 0 Å². The zero-order valence-electron chi connectivity index (χ0n) is 8.28. The average Bonchev–Trinajstić information content (AvgIpc) is 2.69. The molecule has 0 unspecified atom stereocenters. The SMILES string of the molecule is O=C(NCCO)c1cc2c(s1)CCOC2. The van der Waals surface area contributed by atoms with Crippen LogP contribution in [0.4, 0.5) is 0 Å². The minimum Gasteiger partial charge on any atom is -0.395 e. The first kappa shape index (κ1) is 10.6. The summed E-state index contributed by atoms with van der Waals surface area (Å²) in [5.41, 5.74) is 1.13. The average molecular weight is 227 g/mol. The molecule has 1 aromatic heterocycles. The minimum atomic E-state index is -0.108. The molecule has 82 valence electrons. The number of carbonyl (C=O) groups excluding carboxylic acids is 1. The van der Waals surface area contributed by atoms with Crippen molar-refractivity contribution in [1.82, 2.24) is 5.32 Å². The van der Waals surface area contributed by atoms with Crippen LogP contribution in [0.25, 0.3) is 0 Å². The molecule has 0 saturated heterocycles. The van der Waals surface area contributed by atoms with Gasteiger partial charge in [0.15, 0.2) is 0 Å². The van der Waals surface area contributed by atoms with Gasteiger partial charge in [0.05, 0.1) is 24.7 Å². The molecule has 0 aromatic carbocycles. The van der Waals surface area contributed by atoms with E-state index in [2.05, 4.69) is 5.32 Å². The topological polar surface area (TPSA) is 58.6 Å². The molecule has 0 atom stereocenters. The van der Waals surface area contributed by atoms with Crippen LogP contribution in [-0.4, -0.2) is 30.8 Å². The minimum absolute atomic E-state index is 0.0278. The predicted octanol–water partition coefficient (Wildman–Crippen LogP) is 0.543. The first-order valence-corrected chi connectivity index (χ1v) is 5.71. The van der Waals surface area contributed by atoms with Gasteiger partial charge in [-0.3, -0.25) is 4.79 Å². The van der Waals surface area contributed by atoms with Gasteiger partial charge in [-0.15, -0.1) is 11.3 Å². The van der Waals surface area contributed by atoms with Crippen LogP contribution in [0.5, 0.6) is 0 Å². The predicted molar refractivity (Wildman–Crippen MR) is 57.1 cm³/mol. The first-order valence-electron chi connectivity index (χ1n) is 4.89. The molecule has 0 fully saturated rings. The lowest BCUT2D eigenvalue weighted by atomic mass is 10.2. The third kappa shape index (κ3) is 2.37. The summed E-state index contributed by atoms with van der Waals surface area (Å²) in [4.78, 5) is 13.5. The number of aliphatic hydroxyl groups excluding tert-OH is 1. The third-order valence-corrected chi connectivity index (χ3v) is 3.48. The second-order valence-corrected chi connectivity index (χ2v) is 4.48. The Morgan fingerprint density at radius 3 is 3.27 bits per heavy atom. The maximum absolute atomic E-state index is 11.6. The fraction of sp³-hybridized carbons (Fsp3) is 0.500. The van der Waals surface area contributed by atoms with E-state index in [0.717, 1.165) is 18.6 Å². The molecule has 1 aliphatic heterocycles. The van der Waals surface area contributed by atoms with Gasteiger partial charge in [0, 0.05) is 17.8 Å². The largest absolute Gasteiger partial charge is 0.395 e. The van der Waals surface area contributed by atoms with Crippen molar-refractivity contribution in [3.05, 3.63) is 21.4 Å². The number of ether oxygens (including phenoxy) is 1. The van der Waals surface area contributed by atoms with Crippen LogP contribution in [0.1, 0.15) is 20.1 Å². The van der Waals surface area contributed by atoms with Gasteiger partial charge in [-0.1, -0.05) is 0 Å². The monoisotopic (exact) mass is 227 g/mol. The van der Waals surface area contributed by atoms with E-state index in [1.807, 2.05) is 6.07 Å². The van der Waals surface area contributed by atoms with E-state index in [1.165, 1.54) is 16.2 Å². The van der Waals surface area contributed by atoms with E-state index in [-0.39, 0.29) is 12.5 Å². The molecule has 1 aromatic rings. The highest BCUT2D eigenvalue weighted by Crippen LogP contribution is 2.26. The molecule has 4 nitrogen and oxygen atoms in total. The van der Waals surface area contributed by atoms with Crippen LogP contribution >= 0.6 is 11.3 Å². The molecule has 0 saturated carbocycles. The molecule has 15 heavy (non-hydrogen) atoms. The van der Waals surface area contributed by atoms with Gasteiger partial charge in [0.1, 0.15) is 0 Å². The van der Waals surface area contributed by atoms with Crippen LogP contribution in [0, 0.1) is 0 Å². The normalized spacial score (nSPS) is 14.7. The van der Waals surface area contributed by atoms with E-state index in [1.54, 1.807) is 0 Å². The molecule has 5 heteroatoms. The quantitative estimate of drug-likeness (QED) is 0.792. The van der Waals surface area contributed by atoms with Gasteiger partial charge in [0.25, 0.3) is 5.91 Å². The van der Waals surface area contributed by atoms with Gasteiger partial charge in [0.2, 0.25) is 0 Å². The number of thiophene rings is 1. The van der Waals surface area contributed by atoms with Crippen molar-refractivity contribution >= 4 is 17.2 Å². The lowest BCUT2D eigenvalue weighted by Crippen LogP contribution is -2.25. The van der Waals surface area contributed by atoms with Crippen LogP contribution in [0.3, 0.4) is 0 Å². The maximum atomic E-state index is 11.6. The lowest BCUT2D eigenvalue weighted by Gasteiger charge is -2.10. The number of aliphatic hydroxyl groups is 1. The van der Waals surface area contributed by atoms with Gasteiger partial charge in [-0.05, 0) is 11.6 Å². The highest BCUT2D eigenvalue weighted by Gasteiger charge is 2.16. The van der Waals surface area contributed by atoms with Crippen LogP contribution < -0.4 is 5.32 Å². The summed E-state index contributed by atoms with van der Waals surface area (Å²) < 4.78 is 5.31. The van der Waals surface area contributed by atoms with E-state index < -0.39 is 0 Å². The third-order valence-electron chi connectivity index (χ3n) is 2.25. The summed E-state index contributed by atoms with van der Waals surface area (Å²) in [5, 5.41) is 11.2. The first-order chi connectivity index (χ1) is 7.31. The number of fused-ring (bicyclic) bond motifs is 1. The smallest absolute Gasteiger partial charge is 0.261 e. The standard InChI is InChI=1S/C10H13NO3S/c12-3-2-11-10(13)9-5-7-6-14-4-1-8(7)15-9/h5,12H,1-4,6H2,(H,11,13). The maximum Gasteiger partial charge on any atom is 0.261 e. The zero-order valence-corrected chi connectivity index (χ0v) is 9.10. The summed E-state index contributed by atoms with van der Waals surface area (Å²) in [6.45, 7) is 1.63. The van der Waals surface area contributed by atoms with Crippen molar-refractivity contribution in [3.63, 3.8) is 0 Å². The molecule has 0 radical (unpaired) electrons. The second kappa shape index (κ2) is 4.74. The van der Waals surface area contributed by atoms with E-state index in [0.29, 0.717) is 18.0 Å². The molecule has 2 N–H and O–H groups in total. The van der Waals surface area contributed by atoms with Gasteiger partial charge in [-0.25, -0.2) is 0 Å². The Balaban J connectivity index is 2.08. The number of hydrogen-bond donors (Lipinski definition) is 2. The summed E-state index contributed by atoms with van der Waals surface area (Å²) in [5.74, 6) is -0.108. The Labute approximate surface area is 91.9 Å². The van der Waals surface area contributed by atoms with Crippen molar-refractivity contribution in [2.45, 2.75) is 13.0 Å². The molecule has 0 bridgehead atoms. The Kier molecular flexibility index (Phi) is 3.35. The summed E-state index contributed by atoms with van der Waals surface area (Å²) >= 11 is 1.52. The molecule has 2 rings (SSSR count). The number of amides is 1. The van der Waals surface area contributed by atoms with Crippen molar-refractivity contribution in [2.75, 3.05) is 19.8 Å². The molecule has 2 heterocycles. The Hall–Kier alpha value is -0.910. The number of carbonyl (C=O) groups is 1. The zero-order chi connectivity index (χ0) is 10.7. The molecular formula is C10H13NO3S. The molecule has 1 amide bonds. The van der Waals surface area contributed by atoms with Crippen molar-refractivity contribution < 1.29 is 14.6 Å². The fourth-order valence-electron chi connectivity index (χ4n) is 1.52. The summed E-state index contributed by atoms with van der Waals surface area (Å²) in [6, 6.07) is 1.88. The number of hydrogen-bond acceptors (Lipinski definition) is 4. The number of rotatable bonds is 3. The Morgan fingerprint density at radius 1 is 1.67 bits per heavy atom. The van der Waals surface area contributed by atoms with Crippen LogP contribution in [0.2, 0.25) is 0 Å². The fourth-order valence-corrected chi connectivity index (χ4v) is 2.58. The molecule has 0 aliphatic carbocycles. The Bertz CT molecular complexity index is 338. The lowest BCUT2D eigenvalue weighted by molar-refractivity contribution is 0.0948. The van der Waals surface area contributed by atoms with Crippen molar-refractivity contribution in [3.8, 4) is 0 Å². The second-order valence-electron chi connectivity index (χ2n) is 3.34. The highest BCUT2D eigenvalue weighted by atomic mass is 32.1. The van der Waals surface area contributed by atoms with Crippen molar-refractivity contribution in [2.24, 2.45) is 0 Å². The van der Waals surface area contributed by atoms with Gasteiger partial charge < -0.3 is 15.2 Å². The van der Waals surface area contributed by atoms with Crippen molar-refractivity contribution in [1.29, 1.82) is 0 Å². The highest BCUT2D eigenvalue weighted by molar-refractivity contribution is 7.14. The van der Waals surface area contributed by atoms with E-state index in [9.17, 15) is 4.79 Å². The van der Waals surface area contributed by atoms with Crippen LogP contribution in [-0.2, 0) is 17.8 Å². The summed E-state index contributed by atoms with van der Waals surface area (Å²) in [7, 11) is 0. The molecule has 0 spiro atoms. The molecule has 1 aliphatic rings.